The molecular weight excluding hydrogens is 290 g/mol. The fourth-order valence-corrected chi connectivity index (χ4v) is 2.43. The zero-order chi connectivity index (χ0) is 15.6. The van der Waals surface area contributed by atoms with Gasteiger partial charge < -0.3 is 13.9 Å². The summed E-state index contributed by atoms with van der Waals surface area (Å²) in [7, 11) is 0. The van der Waals surface area contributed by atoms with Gasteiger partial charge >= 0.3 is 0 Å². The van der Waals surface area contributed by atoms with Crippen LogP contribution in [-0.4, -0.2) is 24.3 Å². The highest BCUT2D eigenvalue weighted by Crippen LogP contribution is 2.29. The van der Waals surface area contributed by atoms with Gasteiger partial charge in [-0.2, -0.15) is 0 Å². The highest BCUT2D eigenvalue weighted by molar-refractivity contribution is 5.66. The second kappa shape index (κ2) is 5.89. The Balaban J connectivity index is 1.56. The van der Waals surface area contributed by atoms with Gasteiger partial charge in [0.25, 0.3) is 0 Å². The van der Waals surface area contributed by atoms with E-state index in [4.69, 9.17) is 13.9 Å². The molecule has 0 bridgehead atoms. The summed E-state index contributed by atoms with van der Waals surface area (Å²) in [5.41, 5.74) is 2.86. The second-order valence-corrected chi connectivity index (χ2v) is 5.58. The predicted molar refractivity (Wildman–Crippen MR) is 87.3 cm³/mol. The Labute approximate surface area is 134 Å². The maximum Gasteiger partial charge on any atom is 0.226 e. The van der Waals surface area contributed by atoms with E-state index in [-0.39, 0.29) is 6.10 Å². The summed E-state index contributed by atoms with van der Waals surface area (Å²) in [5, 5.41) is 0. The first-order chi connectivity index (χ1) is 11.3. The first-order valence-corrected chi connectivity index (χ1v) is 7.67. The summed E-state index contributed by atoms with van der Waals surface area (Å²) in [5.74, 6) is 2.29. The Kier molecular flexibility index (Phi) is 3.60. The van der Waals surface area contributed by atoms with Crippen LogP contribution in [0.2, 0.25) is 0 Å². The molecule has 0 amide bonds. The largest absolute Gasteiger partial charge is 0.491 e. The Morgan fingerprint density at radius 3 is 2.48 bits per heavy atom. The average molecular weight is 307 g/mol. The molecule has 4 nitrogen and oxygen atoms in total. The van der Waals surface area contributed by atoms with E-state index < -0.39 is 0 Å². The lowest BCUT2D eigenvalue weighted by Crippen LogP contribution is -2.03. The van der Waals surface area contributed by atoms with Gasteiger partial charge in [0.1, 0.15) is 29.9 Å². The third kappa shape index (κ3) is 3.12. The third-order valence-corrected chi connectivity index (χ3v) is 3.78. The number of benzene rings is 2. The Morgan fingerprint density at radius 1 is 1.04 bits per heavy atom. The molecule has 1 atom stereocenters. The van der Waals surface area contributed by atoms with Crippen LogP contribution in [-0.2, 0) is 4.74 Å². The van der Waals surface area contributed by atoms with Gasteiger partial charge in [-0.05, 0) is 43.3 Å². The van der Waals surface area contributed by atoms with Crippen LogP contribution in [0.1, 0.15) is 5.76 Å². The minimum Gasteiger partial charge on any atom is -0.491 e. The molecular formula is C19H17NO3. The lowest BCUT2D eigenvalue weighted by molar-refractivity contribution is 0.263. The first kappa shape index (κ1) is 14.0. The molecule has 4 heteroatoms. The number of nitrogens with zero attached hydrogens (tertiary/aromatic N) is 1. The smallest absolute Gasteiger partial charge is 0.226 e. The van der Waals surface area contributed by atoms with E-state index in [0.717, 1.165) is 34.9 Å². The van der Waals surface area contributed by atoms with E-state index in [1.54, 1.807) is 0 Å². The zero-order valence-corrected chi connectivity index (χ0v) is 12.9. The molecule has 2 aromatic carbocycles. The van der Waals surface area contributed by atoms with Crippen molar-refractivity contribution in [1.82, 2.24) is 4.98 Å². The molecule has 2 heterocycles. The van der Waals surface area contributed by atoms with Crippen molar-refractivity contribution in [1.29, 1.82) is 0 Å². The Morgan fingerprint density at radius 2 is 1.78 bits per heavy atom. The number of aryl methyl sites for hydroxylation is 1. The molecule has 1 unspecified atom stereocenters. The van der Waals surface area contributed by atoms with Crippen molar-refractivity contribution in [2.45, 2.75) is 13.0 Å². The minimum absolute atomic E-state index is 0.265. The molecule has 1 fully saturated rings. The molecule has 1 saturated heterocycles. The van der Waals surface area contributed by atoms with Crippen LogP contribution in [0.5, 0.6) is 5.75 Å². The molecule has 3 aromatic rings. The maximum atomic E-state index is 5.81. The highest BCUT2D eigenvalue weighted by Gasteiger charge is 2.23. The number of epoxide rings is 1. The van der Waals surface area contributed by atoms with Gasteiger partial charge in [0.2, 0.25) is 5.89 Å². The summed E-state index contributed by atoms with van der Waals surface area (Å²) < 4.78 is 16.6. The summed E-state index contributed by atoms with van der Waals surface area (Å²) >= 11 is 0. The van der Waals surface area contributed by atoms with E-state index >= 15 is 0 Å². The van der Waals surface area contributed by atoms with Crippen LogP contribution in [0.25, 0.3) is 22.7 Å². The second-order valence-electron chi connectivity index (χ2n) is 5.58. The molecule has 0 spiro atoms. The zero-order valence-electron chi connectivity index (χ0n) is 12.9. The van der Waals surface area contributed by atoms with E-state index in [9.17, 15) is 0 Å². The van der Waals surface area contributed by atoms with Crippen LogP contribution in [0, 0.1) is 6.92 Å². The number of oxazole rings is 1. The Hall–Kier alpha value is -2.59. The third-order valence-electron chi connectivity index (χ3n) is 3.78. The number of ether oxygens (including phenoxy) is 2. The van der Waals surface area contributed by atoms with Crippen LogP contribution in [0.15, 0.2) is 59.0 Å². The summed E-state index contributed by atoms with van der Waals surface area (Å²) in [6.07, 6.45) is 0.265. The average Bonchev–Trinajstić information content (AvgIpc) is 3.35. The normalized spacial score (nSPS) is 16.3. The van der Waals surface area contributed by atoms with Gasteiger partial charge in [-0.3, -0.25) is 0 Å². The molecule has 0 radical (unpaired) electrons. The molecule has 1 aliphatic rings. The van der Waals surface area contributed by atoms with Gasteiger partial charge in [-0.15, -0.1) is 0 Å². The molecule has 0 aliphatic carbocycles. The molecule has 116 valence electrons. The number of hydrogen-bond acceptors (Lipinski definition) is 4. The lowest BCUT2D eigenvalue weighted by Gasteiger charge is -2.04. The van der Waals surface area contributed by atoms with E-state index in [1.165, 1.54) is 0 Å². The van der Waals surface area contributed by atoms with Crippen molar-refractivity contribution in [2.75, 3.05) is 13.2 Å². The SMILES string of the molecule is Cc1oc(-c2ccccc2)nc1-c1ccc(OCC2CO2)cc1. The van der Waals surface area contributed by atoms with Crippen molar-refractivity contribution in [3.8, 4) is 28.5 Å². The lowest BCUT2D eigenvalue weighted by atomic mass is 10.1. The van der Waals surface area contributed by atoms with Crippen molar-refractivity contribution < 1.29 is 13.9 Å². The van der Waals surface area contributed by atoms with Crippen LogP contribution in [0.4, 0.5) is 0 Å². The van der Waals surface area contributed by atoms with Crippen LogP contribution < -0.4 is 4.74 Å². The predicted octanol–water partition coefficient (Wildman–Crippen LogP) is 4.09. The number of aromatic nitrogens is 1. The van der Waals surface area contributed by atoms with Crippen molar-refractivity contribution >= 4 is 0 Å². The molecule has 0 saturated carbocycles. The molecule has 4 rings (SSSR count). The summed E-state index contributed by atoms with van der Waals surface area (Å²) in [6.45, 7) is 3.35. The molecule has 1 aromatic heterocycles. The minimum atomic E-state index is 0.265. The molecule has 0 N–H and O–H groups in total. The highest BCUT2D eigenvalue weighted by atomic mass is 16.6. The molecule has 1 aliphatic heterocycles. The van der Waals surface area contributed by atoms with Crippen LogP contribution in [0.3, 0.4) is 0 Å². The van der Waals surface area contributed by atoms with E-state index in [2.05, 4.69) is 4.98 Å². The number of rotatable bonds is 5. The van der Waals surface area contributed by atoms with Crippen LogP contribution >= 0.6 is 0 Å². The summed E-state index contributed by atoms with van der Waals surface area (Å²) in [6, 6.07) is 17.8. The monoisotopic (exact) mass is 307 g/mol. The number of hydrogen-bond donors (Lipinski definition) is 0. The van der Waals surface area contributed by atoms with Crippen molar-refractivity contribution in [3.63, 3.8) is 0 Å². The Bertz CT molecular complexity index is 789. The van der Waals surface area contributed by atoms with Gasteiger partial charge in [-0.1, -0.05) is 18.2 Å². The van der Waals surface area contributed by atoms with E-state index in [1.807, 2.05) is 61.5 Å². The standard InChI is InChI=1S/C19H17NO3/c1-13-18(20-19(23-13)15-5-3-2-4-6-15)14-7-9-16(10-8-14)21-11-17-12-22-17/h2-10,17H,11-12H2,1H3. The van der Waals surface area contributed by atoms with Crippen molar-refractivity contribution in [3.05, 3.63) is 60.4 Å². The van der Waals surface area contributed by atoms with E-state index in [0.29, 0.717) is 12.5 Å². The quantitative estimate of drug-likeness (QED) is 0.666. The molecule has 23 heavy (non-hydrogen) atoms. The summed E-state index contributed by atoms with van der Waals surface area (Å²) in [4.78, 5) is 4.64. The fraction of sp³-hybridized carbons (Fsp3) is 0.211. The topological polar surface area (TPSA) is 47.8 Å². The first-order valence-electron chi connectivity index (χ1n) is 7.67. The van der Waals surface area contributed by atoms with Gasteiger partial charge in [0.15, 0.2) is 0 Å². The van der Waals surface area contributed by atoms with Gasteiger partial charge in [-0.25, -0.2) is 4.98 Å². The van der Waals surface area contributed by atoms with Gasteiger partial charge in [0, 0.05) is 11.1 Å². The maximum absolute atomic E-state index is 5.81. The van der Waals surface area contributed by atoms with Gasteiger partial charge in [0.05, 0.1) is 6.61 Å². The fourth-order valence-electron chi connectivity index (χ4n) is 2.43. The van der Waals surface area contributed by atoms with Crippen molar-refractivity contribution in [2.24, 2.45) is 0 Å².